The fraction of sp³-hybridized carbons (Fsp3) is 0.889. The average molecular weight is 697 g/mol. The van der Waals surface area contributed by atoms with Gasteiger partial charge >= 0.3 is 47.7 Å². The number of aliphatic carboxylic acids is 1. The van der Waals surface area contributed by atoms with Crippen LogP contribution in [0.1, 0.15) is 96.8 Å². The lowest BCUT2D eigenvalue weighted by Gasteiger charge is -2.42. The van der Waals surface area contributed by atoms with Gasteiger partial charge in [0, 0.05) is 0 Å². The summed E-state index contributed by atoms with van der Waals surface area (Å²) >= 11 is 0. The first kappa shape index (κ1) is 43.1. The Balaban J connectivity index is 5.28. The van der Waals surface area contributed by atoms with Gasteiger partial charge in [-0.15, -0.1) is 0 Å². The van der Waals surface area contributed by atoms with Gasteiger partial charge in [0.15, 0.2) is 6.17 Å². The first-order valence-electron chi connectivity index (χ1n) is 14.1. The van der Waals surface area contributed by atoms with Crippen LogP contribution in [0.4, 0.5) is 70.2 Å². The van der Waals surface area contributed by atoms with Gasteiger partial charge in [-0.05, 0) is 38.5 Å². The molecular weight excluding hydrogens is 660 g/mol. The summed E-state index contributed by atoms with van der Waals surface area (Å²) in [5, 5.41) is 9.09. The van der Waals surface area contributed by atoms with E-state index < -0.39 is 72.6 Å². The molecule has 0 aromatic rings. The van der Waals surface area contributed by atoms with Crippen molar-refractivity contribution in [1.82, 2.24) is 0 Å². The van der Waals surface area contributed by atoms with Crippen molar-refractivity contribution >= 4 is 5.97 Å². The minimum absolute atomic E-state index is 0.139. The van der Waals surface area contributed by atoms with E-state index in [0.29, 0.717) is 19.3 Å². The quantitative estimate of drug-likeness (QED) is 0.0656. The van der Waals surface area contributed by atoms with Crippen LogP contribution in [0, 0.1) is 5.92 Å². The van der Waals surface area contributed by atoms with E-state index in [1.54, 1.807) is 0 Å². The van der Waals surface area contributed by atoms with Crippen LogP contribution in [0.5, 0.6) is 0 Å². The van der Waals surface area contributed by atoms with E-state index in [-0.39, 0.29) is 12.8 Å². The van der Waals surface area contributed by atoms with Crippen molar-refractivity contribution in [2.75, 3.05) is 0 Å². The summed E-state index contributed by atoms with van der Waals surface area (Å²) in [6.45, 7) is 2.10. The van der Waals surface area contributed by atoms with Gasteiger partial charge in [-0.2, -0.15) is 65.9 Å². The van der Waals surface area contributed by atoms with Gasteiger partial charge in [0.05, 0.1) is 5.92 Å². The second kappa shape index (κ2) is 16.8. The summed E-state index contributed by atoms with van der Waals surface area (Å²) in [6.07, 6.45) is -2.27. The molecule has 0 aliphatic heterocycles. The molecule has 18 heteroatoms. The van der Waals surface area contributed by atoms with Crippen molar-refractivity contribution in [2.24, 2.45) is 5.92 Å². The molecule has 1 N–H and O–H groups in total. The number of halogens is 16. The van der Waals surface area contributed by atoms with Crippen LogP contribution in [0.3, 0.4) is 0 Å². The Bertz CT molecular complexity index is 915. The number of unbranched alkanes of at least 4 members (excludes halogenated alkanes) is 10. The van der Waals surface area contributed by atoms with Crippen LogP contribution in [0.2, 0.25) is 0 Å². The smallest absolute Gasteiger partial charge is 0.460 e. The molecule has 0 spiro atoms. The molecule has 0 aliphatic carbocycles. The molecule has 2 nitrogen and oxygen atoms in total. The Hall–Kier alpha value is -1.91. The van der Waals surface area contributed by atoms with Crippen LogP contribution >= 0.6 is 0 Å². The standard InChI is InChI=1S/C27H36F16O2/c1-2-3-4-5-6-7-8-9-10-11-12-13-14-15-16-18(20(44)45)17-19(28)21(29,30)22(31,32)23(33,34)24(35,36)25(37,38)26(39,40)27(41,42)43/h9-10,18-19H,2-8,11-17H2,1H3,(H,44,45). The predicted octanol–water partition coefficient (Wildman–Crippen LogP) is 11.4. The van der Waals surface area contributed by atoms with Crippen molar-refractivity contribution in [1.29, 1.82) is 0 Å². The maximum atomic E-state index is 14.2. The van der Waals surface area contributed by atoms with Crippen molar-refractivity contribution in [3.05, 3.63) is 12.2 Å². The van der Waals surface area contributed by atoms with Crippen LogP contribution in [-0.4, -0.2) is 59.0 Å². The Labute approximate surface area is 249 Å². The number of allylic oxidation sites excluding steroid dienone is 2. The van der Waals surface area contributed by atoms with Gasteiger partial charge in [-0.3, -0.25) is 4.79 Å². The van der Waals surface area contributed by atoms with E-state index in [1.165, 1.54) is 6.42 Å². The van der Waals surface area contributed by atoms with E-state index >= 15 is 0 Å². The van der Waals surface area contributed by atoms with E-state index in [9.17, 15) is 75.0 Å². The first-order chi connectivity index (χ1) is 20.3. The van der Waals surface area contributed by atoms with Crippen molar-refractivity contribution in [2.45, 2.75) is 145 Å². The topological polar surface area (TPSA) is 37.3 Å². The lowest BCUT2D eigenvalue weighted by molar-refractivity contribution is -0.454. The largest absolute Gasteiger partial charge is 0.481 e. The zero-order valence-corrected chi connectivity index (χ0v) is 24.1. The van der Waals surface area contributed by atoms with Gasteiger partial charge in [0.1, 0.15) is 0 Å². The minimum Gasteiger partial charge on any atom is -0.481 e. The maximum absolute atomic E-state index is 14.2. The Morgan fingerprint density at radius 3 is 1.38 bits per heavy atom. The van der Waals surface area contributed by atoms with Crippen LogP contribution < -0.4 is 0 Å². The Kier molecular flexibility index (Phi) is 16.1. The fourth-order valence-corrected chi connectivity index (χ4v) is 4.20. The highest BCUT2D eigenvalue weighted by Crippen LogP contribution is 2.63. The molecule has 268 valence electrons. The SMILES string of the molecule is CCCCCCCCC=CCCCCCCC(CC(F)C(F)(F)C(F)(F)C(F)(F)C(F)(F)C(F)(F)C(F)(F)C(F)(F)F)C(=O)O. The molecule has 0 fully saturated rings. The van der Waals surface area contributed by atoms with Gasteiger partial charge in [-0.1, -0.05) is 70.4 Å². The molecule has 0 bridgehead atoms. The van der Waals surface area contributed by atoms with Crippen LogP contribution in [-0.2, 0) is 4.79 Å². The maximum Gasteiger partial charge on any atom is 0.460 e. The van der Waals surface area contributed by atoms with Gasteiger partial charge in [0.2, 0.25) is 0 Å². The fourth-order valence-electron chi connectivity index (χ4n) is 4.20. The van der Waals surface area contributed by atoms with E-state index in [1.807, 2.05) is 12.2 Å². The number of carboxylic acids is 1. The molecule has 0 aliphatic rings. The zero-order chi connectivity index (χ0) is 35.5. The highest BCUT2D eigenvalue weighted by molar-refractivity contribution is 5.70. The monoisotopic (exact) mass is 696 g/mol. The van der Waals surface area contributed by atoms with E-state index in [4.69, 9.17) is 5.11 Å². The van der Waals surface area contributed by atoms with Crippen LogP contribution in [0.15, 0.2) is 12.2 Å². The minimum atomic E-state index is -8.53. The molecular formula is C27H36F16O2. The molecule has 2 atom stereocenters. The van der Waals surface area contributed by atoms with Gasteiger partial charge < -0.3 is 5.11 Å². The molecule has 0 radical (unpaired) electrons. The summed E-state index contributed by atoms with van der Waals surface area (Å²) < 4.78 is 214. The number of hydrogen-bond donors (Lipinski definition) is 1. The number of hydrogen-bond acceptors (Lipinski definition) is 1. The summed E-state index contributed by atoms with van der Waals surface area (Å²) in [5.74, 6) is -53.1. The second-order valence-electron chi connectivity index (χ2n) is 10.8. The third-order valence-electron chi connectivity index (χ3n) is 7.15. The van der Waals surface area contributed by atoms with Crippen molar-refractivity contribution in [3.8, 4) is 0 Å². The molecule has 0 heterocycles. The molecule has 0 rings (SSSR count). The number of carboxylic acid groups (broad SMARTS) is 1. The molecule has 0 saturated heterocycles. The highest BCUT2D eigenvalue weighted by atomic mass is 19.4. The molecule has 0 aromatic carbocycles. The van der Waals surface area contributed by atoms with E-state index in [0.717, 1.165) is 38.5 Å². The molecule has 2 unspecified atom stereocenters. The normalized spacial score (nSPS) is 15.9. The second-order valence-corrected chi connectivity index (χ2v) is 10.8. The summed E-state index contributed by atoms with van der Waals surface area (Å²) in [7, 11) is 0. The zero-order valence-electron chi connectivity index (χ0n) is 24.1. The molecule has 0 amide bonds. The van der Waals surface area contributed by atoms with Crippen LogP contribution in [0.25, 0.3) is 0 Å². The average Bonchev–Trinajstić information content (AvgIpc) is 2.90. The van der Waals surface area contributed by atoms with Crippen molar-refractivity contribution in [3.63, 3.8) is 0 Å². The third kappa shape index (κ3) is 10.0. The summed E-state index contributed by atoms with van der Waals surface area (Å²) in [6, 6.07) is 0. The predicted molar refractivity (Wildman–Crippen MR) is 131 cm³/mol. The highest BCUT2D eigenvalue weighted by Gasteiger charge is 2.93. The molecule has 0 aromatic heterocycles. The number of alkyl halides is 16. The summed E-state index contributed by atoms with van der Waals surface area (Å²) in [4.78, 5) is 11.3. The van der Waals surface area contributed by atoms with Gasteiger partial charge in [-0.25, -0.2) is 4.39 Å². The summed E-state index contributed by atoms with van der Waals surface area (Å²) in [5.41, 5.74) is 0. The first-order valence-corrected chi connectivity index (χ1v) is 14.1. The molecule has 0 saturated carbocycles. The lowest BCUT2D eigenvalue weighted by atomic mass is 9.86. The van der Waals surface area contributed by atoms with Crippen molar-refractivity contribution < 1.29 is 80.1 Å². The number of rotatable bonds is 23. The Morgan fingerprint density at radius 1 is 0.578 bits per heavy atom. The third-order valence-corrected chi connectivity index (χ3v) is 7.15. The molecule has 45 heavy (non-hydrogen) atoms. The number of carbonyl (C=O) groups is 1. The Morgan fingerprint density at radius 2 is 0.956 bits per heavy atom. The lowest BCUT2D eigenvalue weighted by Crippen LogP contribution is -2.73. The van der Waals surface area contributed by atoms with Gasteiger partial charge in [0.25, 0.3) is 0 Å². The van der Waals surface area contributed by atoms with E-state index in [2.05, 4.69) is 6.92 Å².